The Morgan fingerprint density at radius 2 is 1.62 bits per heavy atom. The molecule has 0 bridgehead atoms. The quantitative estimate of drug-likeness (QED) is 0.690. The third kappa shape index (κ3) is 5.36. The summed E-state index contributed by atoms with van der Waals surface area (Å²) in [4.78, 5) is 35.9. The molecule has 2 fully saturated rings. The minimum atomic E-state index is -0.817. The zero-order valence-electron chi connectivity index (χ0n) is 12.3. The number of aliphatic carboxylic acids is 1. The summed E-state index contributed by atoms with van der Waals surface area (Å²) < 4.78 is 0. The van der Waals surface area contributed by atoms with Crippen LogP contribution >= 0.6 is 0 Å². The number of rotatable bonds is 7. The average molecular weight is 296 g/mol. The van der Waals surface area contributed by atoms with E-state index >= 15 is 0 Å². The molecule has 118 valence electrons. The molecule has 2 N–H and O–H groups in total. The highest BCUT2D eigenvalue weighted by molar-refractivity contribution is 5.81. The van der Waals surface area contributed by atoms with Gasteiger partial charge in [-0.25, -0.2) is 0 Å². The Balaban J connectivity index is 1.58. The van der Waals surface area contributed by atoms with Crippen LogP contribution in [0.3, 0.4) is 0 Å². The van der Waals surface area contributed by atoms with Gasteiger partial charge >= 0.3 is 5.97 Å². The van der Waals surface area contributed by atoms with Crippen molar-refractivity contribution in [2.45, 2.75) is 57.4 Å². The number of hydrogen-bond acceptors (Lipinski definition) is 3. The molecule has 0 radical (unpaired) electrons. The predicted molar refractivity (Wildman–Crippen MR) is 76.6 cm³/mol. The molecular formula is C15H24N2O4. The molecule has 2 rings (SSSR count). The molecule has 0 aromatic carbocycles. The van der Waals surface area contributed by atoms with Gasteiger partial charge in [-0.3, -0.25) is 14.4 Å². The Labute approximate surface area is 124 Å². The second-order valence-corrected chi connectivity index (χ2v) is 6.04. The van der Waals surface area contributed by atoms with Crippen molar-refractivity contribution in [3.05, 3.63) is 0 Å². The van der Waals surface area contributed by atoms with E-state index in [9.17, 15) is 14.4 Å². The number of likely N-dealkylation sites (tertiary alicyclic amines) is 1. The fourth-order valence-electron chi connectivity index (χ4n) is 2.69. The van der Waals surface area contributed by atoms with E-state index in [1.54, 1.807) is 0 Å². The standard InChI is InChI=1S/C15H24N2O4/c18-13(3-1-2-4-14(19)20)16-12-7-9-17(10-8-12)15(21)11-5-6-11/h11-12H,1-10H2,(H,16,18)(H,19,20). The summed E-state index contributed by atoms with van der Waals surface area (Å²) in [5.74, 6) is -0.269. The highest BCUT2D eigenvalue weighted by Crippen LogP contribution is 2.31. The van der Waals surface area contributed by atoms with Gasteiger partial charge in [0.05, 0.1) is 0 Å². The van der Waals surface area contributed by atoms with Gasteiger partial charge in [-0.2, -0.15) is 0 Å². The summed E-state index contributed by atoms with van der Waals surface area (Å²) in [6, 6.07) is 0.153. The van der Waals surface area contributed by atoms with Crippen LogP contribution in [0.1, 0.15) is 51.4 Å². The third-order valence-electron chi connectivity index (χ3n) is 4.14. The molecule has 1 aliphatic carbocycles. The van der Waals surface area contributed by atoms with E-state index in [0.29, 0.717) is 19.3 Å². The second-order valence-electron chi connectivity index (χ2n) is 6.04. The number of carbonyl (C=O) groups excluding carboxylic acids is 2. The van der Waals surface area contributed by atoms with Crippen molar-refractivity contribution in [2.24, 2.45) is 5.92 Å². The van der Waals surface area contributed by atoms with Crippen LogP contribution < -0.4 is 5.32 Å². The smallest absolute Gasteiger partial charge is 0.303 e. The summed E-state index contributed by atoms with van der Waals surface area (Å²) in [6.07, 6.45) is 5.36. The molecular weight excluding hydrogens is 272 g/mol. The van der Waals surface area contributed by atoms with Crippen molar-refractivity contribution in [3.8, 4) is 0 Å². The largest absolute Gasteiger partial charge is 0.481 e. The second kappa shape index (κ2) is 7.43. The number of nitrogens with one attached hydrogen (secondary N) is 1. The fourth-order valence-corrected chi connectivity index (χ4v) is 2.69. The monoisotopic (exact) mass is 296 g/mol. The van der Waals surface area contributed by atoms with Gasteiger partial charge in [0, 0.05) is 37.9 Å². The number of carboxylic acids is 1. The van der Waals surface area contributed by atoms with Crippen molar-refractivity contribution in [3.63, 3.8) is 0 Å². The number of hydrogen-bond donors (Lipinski definition) is 2. The molecule has 2 amide bonds. The summed E-state index contributed by atoms with van der Waals surface area (Å²) in [6.45, 7) is 1.47. The molecule has 1 heterocycles. The molecule has 0 aromatic rings. The van der Waals surface area contributed by atoms with Crippen LogP contribution in [0.2, 0.25) is 0 Å². The first-order valence-electron chi connectivity index (χ1n) is 7.86. The number of nitrogens with zero attached hydrogens (tertiary/aromatic N) is 1. The van der Waals surface area contributed by atoms with Crippen LogP contribution in [0.4, 0.5) is 0 Å². The number of piperidine rings is 1. The topological polar surface area (TPSA) is 86.7 Å². The van der Waals surface area contributed by atoms with Crippen LogP contribution in [-0.4, -0.2) is 46.9 Å². The zero-order valence-corrected chi connectivity index (χ0v) is 12.3. The lowest BCUT2D eigenvalue weighted by molar-refractivity contribution is -0.137. The lowest BCUT2D eigenvalue weighted by Crippen LogP contribution is -2.46. The van der Waals surface area contributed by atoms with E-state index in [1.165, 1.54) is 0 Å². The van der Waals surface area contributed by atoms with Crippen molar-refractivity contribution in [1.82, 2.24) is 10.2 Å². The minimum Gasteiger partial charge on any atom is -0.481 e. The Morgan fingerprint density at radius 3 is 2.19 bits per heavy atom. The van der Waals surface area contributed by atoms with Gasteiger partial charge in [-0.05, 0) is 38.5 Å². The van der Waals surface area contributed by atoms with Crippen LogP contribution in [-0.2, 0) is 14.4 Å². The first kappa shape index (κ1) is 15.8. The highest BCUT2D eigenvalue weighted by atomic mass is 16.4. The Morgan fingerprint density at radius 1 is 1.00 bits per heavy atom. The molecule has 1 aliphatic heterocycles. The molecule has 1 saturated heterocycles. The van der Waals surface area contributed by atoms with E-state index in [4.69, 9.17) is 5.11 Å². The van der Waals surface area contributed by atoms with Gasteiger partial charge in [0.1, 0.15) is 0 Å². The Kier molecular flexibility index (Phi) is 5.59. The highest BCUT2D eigenvalue weighted by Gasteiger charge is 2.34. The van der Waals surface area contributed by atoms with Gasteiger partial charge in [0.15, 0.2) is 0 Å². The van der Waals surface area contributed by atoms with E-state index in [1.807, 2.05) is 4.90 Å². The molecule has 6 heteroatoms. The number of unbranched alkanes of at least 4 members (excludes halogenated alkanes) is 1. The van der Waals surface area contributed by atoms with Crippen LogP contribution in [0.5, 0.6) is 0 Å². The maximum absolute atomic E-state index is 11.9. The van der Waals surface area contributed by atoms with Crippen LogP contribution in [0, 0.1) is 5.92 Å². The van der Waals surface area contributed by atoms with Crippen molar-refractivity contribution < 1.29 is 19.5 Å². The van der Waals surface area contributed by atoms with Crippen molar-refractivity contribution in [2.75, 3.05) is 13.1 Å². The number of amides is 2. The number of carbonyl (C=O) groups is 3. The van der Waals surface area contributed by atoms with Crippen molar-refractivity contribution in [1.29, 1.82) is 0 Å². The van der Waals surface area contributed by atoms with Gasteiger partial charge in [-0.15, -0.1) is 0 Å². The predicted octanol–water partition coefficient (Wildman–Crippen LogP) is 1.15. The molecule has 0 atom stereocenters. The molecule has 21 heavy (non-hydrogen) atoms. The Bertz CT molecular complexity index is 398. The first-order chi connectivity index (χ1) is 10.1. The maximum atomic E-state index is 11.9. The van der Waals surface area contributed by atoms with Crippen LogP contribution in [0.25, 0.3) is 0 Å². The lowest BCUT2D eigenvalue weighted by atomic mass is 10.0. The molecule has 0 spiro atoms. The van der Waals surface area contributed by atoms with E-state index in [2.05, 4.69) is 5.32 Å². The summed E-state index contributed by atoms with van der Waals surface area (Å²) >= 11 is 0. The molecule has 0 unspecified atom stereocenters. The van der Waals surface area contributed by atoms with Gasteiger partial charge < -0.3 is 15.3 Å². The lowest BCUT2D eigenvalue weighted by Gasteiger charge is -2.32. The van der Waals surface area contributed by atoms with Gasteiger partial charge in [0.25, 0.3) is 0 Å². The van der Waals surface area contributed by atoms with Crippen molar-refractivity contribution >= 4 is 17.8 Å². The molecule has 1 saturated carbocycles. The zero-order chi connectivity index (χ0) is 15.2. The van der Waals surface area contributed by atoms with Gasteiger partial charge in [-0.1, -0.05) is 0 Å². The normalized spacial score (nSPS) is 19.3. The molecule has 6 nitrogen and oxygen atoms in total. The van der Waals surface area contributed by atoms with E-state index in [0.717, 1.165) is 38.8 Å². The maximum Gasteiger partial charge on any atom is 0.303 e. The summed E-state index contributed by atoms with van der Waals surface area (Å²) in [5.41, 5.74) is 0. The van der Waals surface area contributed by atoms with Crippen LogP contribution in [0.15, 0.2) is 0 Å². The Hall–Kier alpha value is -1.59. The van der Waals surface area contributed by atoms with Gasteiger partial charge in [0.2, 0.25) is 11.8 Å². The average Bonchev–Trinajstić information content (AvgIpc) is 3.28. The fraction of sp³-hybridized carbons (Fsp3) is 0.800. The summed E-state index contributed by atoms with van der Waals surface area (Å²) in [5, 5.41) is 11.5. The summed E-state index contributed by atoms with van der Waals surface area (Å²) in [7, 11) is 0. The molecule has 0 aromatic heterocycles. The third-order valence-corrected chi connectivity index (χ3v) is 4.14. The van der Waals surface area contributed by atoms with E-state index in [-0.39, 0.29) is 30.2 Å². The number of carboxylic acid groups (broad SMARTS) is 1. The molecule has 2 aliphatic rings. The van der Waals surface area contributed by atoms with E-state index < -0.39 is 5.97 Å². The minimum absolute atomic E-state index is 0.00708. The first-order valence-corrected chi connectivity index (χ1v) is 7.86. The SMILES string of the molecule is O=C(O)CCCCC(=O)NC1CCN(C(=O)C2CC2)CC1.